The van der Waals surface area contributed by atoms with E-state index in [9.17, 15) is 33.4 Å². The molecular formula is C26H44N3O11PS. The summed E-state index contributed by atoms with van der Waals surface area (Å²) in [6.45, 7) is 1.84. The van der Waals surface area contributed by atoms with Crippen LogP contribution in [0.5, 0.6) is 0 Å². The molecule has 2 fully saturated rings. The molecule has 0 bridgehead atoms. The number of thioether (sulfide) groups is 1. The van der Waals surface area contributed by atoms with Crippen molar-refractivity contribution in [1.29, 1.82) is 0 Å². The Balaban J connectivity index is 1.43. The van der Waals surface area contributed by atoms with Gasteiger partial charge in [-0.05, 0) is 32.1 Å². The lowest BCUT2D eigenvalue weighted by Gasteiger charge is -2.18. The third-order valence-corrected chi connectivity index (χ3v) is 9.11. The second-order valence-corrected chi connectivity index (χ2v) is 13.0. The molecule has 3 unspecified atom stereocenters. The largest absolute Gasteiger partial charge is 0.472 e. The highest BCUT2D eigenvalue weighted by Crippen LogP contribution is 2.43. The van der Waals surface area contributed by atoms with E-state index in [4.69, 9.17) is 18.5 Å². The van der Waals surface area contributed by atoms with Crippen molar-refractivity contribution >= 4 is 49.2 Å². The summed E-state index contributed by atoms with van der Waals surface area (Å²) >= 11 is 1.87. The lowest BCUT2D eigenvalue weighted by molar-refractivity contribution is -0.158. The average Bonchev–Trinajstić information content (AvgIpc) is 3.47. The molecule has 4 N–H and O–H groups in total. The van der Waals surface area contributed by atoms with Crippen LogP contribution in [-0.4, -0.2) is 90.1 Å². The zero-order valence-electron chi connectivity index (χ0n) is 24.3. The molecule has 0 aliphatic carbocycles. The molecule has 0 spiro atoms. The van der Waals surface area contributed by atoms with Crippen molar-refractivity contribution in [2.45, 2.75) is 101 Å². The van der Waals surface area contributed by atoms with Crippen molar-refractivity contribution in [3.63, 3.8) is 0 Å². The number of carbonyl (C=O) groups excluding carboxylic acids is 5. The molecule has 3 amide bonds. The Kier molecular flexibility index (Phi) is 16.4. The smallest absolute Gasteiger partial charge is 0.462 e. The van der Waals surface area contributed by atoms with Gasteiger partial charge < -0.3 is 30.3 Å². The Hall–Kier alpha value is -2.19. The van der Waals surface area contributed by atoms with E-state index in [2.05, 4.69) is 16.0 Å². The first-order chi connectivity index (χ1) is 19.9. The second kappa shape index (κ2) is 19.2. The van der Waals surface area contributed by atoms with Crippen LogP contribution in [0.1, 0.15) is 78.1 Å². The molecule has 0 aromatic rings. The zero-order chi connectivity index (χ0) is 31.0. The summed E-state index contributed by atoms with van der Waals surface area (Å²) in [7, 11) is -4.45. The van der Waals surface area contributed by atoms with Gasteiger partial charge in [0.05, 0.1) is 25.3 Å². The van der Waals surface area contributed by atoms with Crippen LogP contribution in [0.15, 0.2) is 0 Å². The summed E-state index contributed by atoms with van der Waals surface area (Å²) in [5, 5.41) is 9.22. The molecule has 5 atom stereocenters. The summed E-state index contributed by atoms with van der Waals surface area (Å²) in [5.41, 5.74) is 0. The summed E-state index contributed by atoms with van der Waals surface area (Å²) in [6, 6.07) is 0.322. The number of nitrogens with one attached hydrogen (secondary N) is 3. The van der Waals surface area contributed by atoms with Crippen molar-refractivity contribution in [3.8, 4) is 0 Å². The van der Waals surface area contributed by atoms with Crippen LogP contribution in [0.2, 0.25) is 0 Å². The molecule has 14 nitrogen and oxygen atoms in total. The Labute approximate surface area is 250 Å². The van der Waals surface area contributed by atoms with Crippen LogP contribution in [0.4, 0.5) is 4.79 Å². The maximum absolute atomic E-state index is 12.1. The maximum Gasteiger partial charge on any atom is 0.472 e. The van der Waals surface area contributed by atoms with Crippen molar-refractivity contribution < 1.29 is 52.0 Å². The zero-order valence-corrected chi connectivity index (χ0v) is 26.0. The van der Waals surface area contributed by atoms with Gasteiger partial charge >= 0.3 is 25.8 Å². The molecule has 2 rings (SSSR count). The van der Waals surface area contributed by atoms with E-state index in [0.717, 1.165) is 44.8 Å². The highest BCUT2D eigenvalue weighted by molar-refractivity contribution is 8.00. The number of esters is 2. The van der Waals surface area contributed by atoms with Crippen LogP contribution < -0.4 is 16.0 Å². The third-order valence-electron chi connectivity index (χ3n) is 6.62. The monoisotopic (exact) mass is 637 g/mol. The molecule has 16 heteroatoms. The van der Waals surface area contributed by atoms with Crippen LogP contribution in [0.25, 0.3) is 0 Å². The van der Waals surface area contributed by atoms with Crippen molar-refractivity contribution in [3.05, 3.63) is 0 Å². The van der Waals surface area contributed by atoms with E-state index in [1.54, 1.807) is 0 Å². The number of Topliss-reactive ketones (excluding diaryl/α,β-unsaturated/α-hetero) is 1. The number of urea groups is 1. The Bertz CT molecular complexity index is 970. The van der Waals surface area contributed by atoms with Gasteiger partial charge in [-0.2, -0.15) is 11.8 Å². The molecule has 2 aliphatic heterocycles. The van der Waals surface area contributed by atoms with Gasteiger partial charge in [0.25, 0.3) is 0 Å². The predicted octanol–water partition coefficient (Wildman–Crippen LogP) is 2.37. The molecule has 240 valence electrons. The van der Waals surface area contributed by atoms with E-state index in [1.807, 2.05) is 11.8 Å². The first-order valence-corrected chi connectivity index (χ1v) is 16.9. The number of hydrogen-bond acceptors (Lipinski definition) is 11. The normalized spacial score (nSPS) is 21.4. The highest BCUT2D eigenvalue weighted by Gasteiger charge is 2.42. The Morgan fingerprint density at radius 3 is 2.45 bits per heavy atom. The van der Waals surface area contributed by atoms with Gasteiger partial charge in [-0.1, -0.05) is 12.8 Å². The van der Waals surface area contributed by atoms with Crippen LogP contribution in [0.3, 0.4) is 0 Å². The minimum atomic E-state index is -4.45. The molecule has 42 heavy (non-hydrogen) atoms. The van der Waals surface area contributed by atoms with Gasteiger partial charge in [0.2, 0.25) is 5.91 Å². The van der Waals surface area contributed by atoms with E-state index < -0.39 is 32.5 Å². The molecule has 0 aromatic carbocycles. The SMILES string of the molecule is CC(=O)OCC(COP(=O)(O)OCCCC(=O)CCCCCNC(=O)CCCCC1SC[C@@H]2NC(=O)N[C@H]12)OC(C)=O. The fraction of sp³-hybridized carbons (Fsp3) is 0.808. The van der Waals surface area contributed by atoms with Crippen LogP contribution >= 0.6 is 19.6 Å². The van der Waals surface area contributed by atoms with Gasteiger partial charge in [0.1, 0.15) is 12.4 Å². The van der Waals surface area contributed by atoms with Crippen molar-refractivity contribution in [2.24, 2.45) is 0 Å². The minimum Gasteiger partial charge on any atom is -0.462 e. The van der Waals surface area contributed by atoms with Gasteiger partial charge in [-0.25, -0.2) is 9.36 Å². The van der Waals surface area contributed by atoms with E-state index in [1.165, 1.54) is 6.92 Å². The standard InChI is InChI=1S/C26H44N3O11PS/c1-18(30)37-15-21(40-19(2)31)16-39-41(35,36)38-14-8-10-20(32)9-4-3-7-13-27-24(33)12-6-5-11-23-25-22(17-42-23)28-26(34)29-25/h21-23,25H,3-17H2,1-2H3,(H,27,33)(H,35,36)(H2,28,29,34)/t21?,22-,23?,25-/m0/s1. The van der Waals surface area contributed by atoms with E-state index in [0.29, 0.717) is 31.1 Å². The minimum absolute atomic E-state index is 0.00678. The third kappa shape index (κ3) is 15.3. The number of fused-ring (bicyclic) bond motifs is 1. The van der Waals surface area contributed by atoms with Gasteiger partial charge in [-0.15, -0.1) is 0 Å². The van der Waals surface area contributed by atoms with Crippen molar-refractivity contribution in [2.75, 3.05) is 32.1 Å². The summed E-state index contributed by atoms with van der Waals surface area (Å²) in [4.78, 5) is 67.4. The number of phosphoric acid groups is 1. The van der Waals surface area contributed by atoms with Crippen LogP contribution in [-0.2, 0) is 42.3 Å². The van der Waals surface area contributed by atoms with Gasteiger partial charge in [-0.3, -0.25) is 28.2 Å². The number of carbonyl (C=O) groups is 5. The Morgan fingerprint density at radius 1 is 0.976 bits per heavy atom. The molecule has 2 aliphatic rings. The lowest BCUT2D eigenvalue weighted by Crippen LogP contribution is -2.36. The summed E-state index contributed by atoms with van der Waals surface area (Å²) in [5.74, 6) is -0.322. The molecule has 0 radical (unpaired) electrons. The van der Waals surface area contributed by atoms with Crippen LogP contribution in [0, 0.1) is 0 Å². The fourth-order valence-electron chi connectivity index (χ4n) is 4.56. The number of ketones is 1. The molecule has 0 saturated carbocycles. The number of unbranched alkanes of at least 4 members (excludes halogenated alkanes) is 3. The number of ether oxygens (including phenoxy) is 2. The number of rotatable bonds is 22. The average molecular weight is 638 g/mol. The highest BCUT2D eigenvalue weighted by atomic mass is 32.2. The predicted molar refractivity (Wildman–Crippen MR) is 154 cm³/mol. The first kappa shape index (κ1) is 36.0. The number of phosphoric ester groups is 1. The molecule has 2 saturated heterocycles. The quantitative estimate of drug-likeness (QED) is 0.0586. The Morgan fingerprint density at radius 2 is 1.71 bits per heavy atom. The maximum atomic E-state index is 12.1. The van der Waals surface area contributed by atoms with Crippen molar-refractivity contribution in [1.82, 2.24) is 16.0 Å². The molecule has 2 heterocycles. The lowest BCUT2D eigenvalue weighted by atomic mass is 10.0. The van der Waals surface area contributed by atoms with Gasteiger partial charge in [0.15, 0.2) is 6.10 Å². The summed E-state index contributed by atoms with van der Waals surface area (Å²) < 4.78 is 31.3. The first-order valence-electron chi connectivity index (χ1n) is 14.3. The fourth-order valence-corrected chi connectivity index (χ4v) is 6.90. The number of hydrogen-bond donors (Lipinski definition) is 4. The molecular weight excluding hydrogens is 593 g/mol. The van der Waals surface area contributed by atoms with Gasteiger partial charge in [0, 0.05) is 50.7 Å². The van der Waals surface area contributed by atoms with E-state index in [-0.39, 0.29) is 55.9 Å². The second-order valence-electron chi connectivity index (χ2n) is 10.3. The molecule has 0 aromatic heterocycles. The number of amides is 3. The summed E-state index contributed by atoms with van der Waals surface area (Å²) in [6.07, 6.45) is 5.17. The topological polar surface area (TPSA) is 196 Å². The van der Waals surface area contributed by atoms with E-state index >= 15 is 0 Å².